The highest BCUT2D eigenvalue weighted by atomic mass is 15.3. The molecular formula is C18H31N3. The van der Waals surface area contributed by atoms with Crippen LogP contribution in [0.4, 0.5) is 0 Å². The van der Waals surface area contributed by atoms with Gasteiger partial charge < -0.3 is 0 Å². The van der Waals surface area contributed by atoms with Gasteiger partial charge in [-0.2, -0.15) is 0 Å². The molecule has 0 aliphatic carbocycles. The number of nitrogens with zero attached hydrogens (tertiary/aromatic N) is 1. The fraction of sp³-hybridized carbons (Fsp3) is 0.667. The first-order valence-electron chi connectivity index (χ1n) is 8.39. The molecule has 0 bridgehead atoms. The van der Waals surface area contributed by atoms with E-state index in [4.69, 9.17) is 5.84 Å². The van der Waals surface area contributed by atoms with Crippen molar-refractivity contribution in [3.8, 4) is 0 Å². The van der Waals surface area contributed by atoms with E-state index in [-0.39, 0.29) is 11.6 Å². The van der Waals surface area contributed by atoms with Crippen LogP contribution in [-0.2, 0) is 6.42 Å². The zero-order chi connectivity index (χ0) is 15.3. The first-order valence-corrected chi connectivity index (χ1v) is 8.39. The molecular weight excluding hydrogens is 258 g/mol. The largest absolute Gasteiger partial charge is 0.296 e. The maximum absolute atomic E-state index is 5.93. The third-order valence-electron chi connectivity index (χ3n) is 5.02. The van der Waals surface area contributed by atoms with Crippen molar-refractivity contribution < 1.29 is 0 Å². The smallest absolute Gasteiger partial charge is 0.0638 e. The Hall–Kier alpha value is -0.900. The lowest BCUT2D eigenvalue weighted by Gasteiger charge is -2.44. The van der Waals surface area contributed by atoms with Gasteiger partial charge in [-0.15, -0.1) is 0 Å². The van der Waals surface area contributed by atoms with Gasteiger partial charge in [0, 0.05) is 5.54 Å². The molecule has 21 heavy (non-hydrogen) atoms. The van der Waals surface area contributed by atoms with Crippen molar-refractivity contribution in [3.63, 3.8) is 0 Å². The molecule has 3 N–H and O–H groups in total. The van der Waals surface area contributed by atoms with Crippen molar-refractivity contribution in [2.75, 3.05) is 13.1 Å². The Bertz CT molecular complexity index is 417. The van der Waals surface area contributed by atoms with E-state index in [1.54, 1.807) is 0 Å². The second kappa shape index (κ2) is 7.39. The zero-order valence-corrected chi connectivity index (χ0v) is 13.9. The summed E-state index contributed by atoms with van der Waals surface area (Å²) in [6.07, 6.45) is 6.40. The lowest BCUT2D eigenvalue weighted by molar-refractivity contribution is 0.0834. The number of likely N-dealkylation sites (tertiary alicyclic amines) is 1. The summed E-state index contributed by atoms with van der Waals surface area (Å²) in [6.45, 7) is 9.18. The third kappa shape index (κ3) is 3.85. The SMILES string of the molecule is CCc1ccc(C(NN)C(C)(C)N2CCCCCC2)cc1. The molecule has 1 heterocycles. The molecule has 3 heteroatoms. The Morgan fingerprint density at radius 3 is 2.14 bits per heavy atom. The van der Waals surface area contributed by atoms with Crippen molar-refractivity contribution in [3.05, 3.63) is 35.4 Å². The minimum absolute atomic E-state index is 0.0207. The first kappa shape index (κ1) is 16.5. The predicted octanol–water partition coefficient (Wildman–Crippen LogP) is 3.41. The van der Waals surface area contributed by atoms with Crippen molar-refractivity contribution in [1.82, 2.24) is 10.3 Å². The van der Waals surface area contributed by atoms with Crippen molar-refractivity contribution >= 4 is 0 Å². The molecule has 1 aliphatic rings. The van der Waals surface area contributed by atoms with Gasteiger partial charge in [0.05, 0.1) is 6.04 Å². The lowest BCUT2D eigenvalue weighted by Crippen LogP contribution is -2.54. The summed E-state index contributed by atoms with van der Waals surface area (Å²) in [5.41, 5.74) is 5.75. The predicted molar refractivity (Wildman–Crippen MR) is 90.0 cm³/mol. The number of hydrogen-bond donors (Lipinski definition) is 2. The van der Waals surface area contributed by atoms with Gasteiger partial charge in [0.25, 0.3) is 0 Å². The summed E-state index contributed by atoms with van der Waals surface area (Å²) < 4.78 is 0. The number of benzene rings is 1. The van der Waals surface area contributed by atoms with E-state index in [2.05, 4.69) is 55.4 Å². The van der Waals surface area contributed by atoms with Gasteiger partial charge in [-0.3, -0.25) is 16.2 Å². The van der Waals surface area contributed by atoms with Crippen LogP contribution in [-0.4, -0.2) is 23.5 Å². The second-order valence-electron chi connectivity index (χ2n) is 6.75. The Balaban J connectivity index is 2.20. The summed E-state index contributed by atoms with van der Waals surface area (Å²) in [6, 6.07) is 9.05. The Morgan fingerprint density at radius 2 is 1.67 bits per heavy atom. The van der Waals surface area contributed by atoms with Gasteiger partial charge in [0.2, 0.25) is 0 Å². The average molecular weight is 289 g/mol. The molecule has 1 atom stereocenters. The zero-order valence-electron chi connectivity index (χ0n) is 13.9. The summed E-state index contributed by atoms with van der Waals surface area (Å²) >= 11 is 0. The van der Waals surface area contributed by atoms with E-state index >= 15 is 0 Å². The maximum Gasteiger partial charge on any atom is 0.0638 e. The second-order valence-corrected chi connectivity index (χ2v) is 6.75. The molecule has 0 amide bonds. The minimum Gasteiger partial charge on any atom is -0.296 e. The van der Waals surface area contributed by atoms with Crippen LogP contribution in [0.1, 0.15) is 63.6 Å². The van der Waals surface area contributed by atoms with Crippen LogP contribution < -0.4 is 11.3 Å². The van der Waals surface area contributed by atoms with E-state index < -0.39 is 0 Å². The summed E-state index contributed by atoms with van der Waals surface area (Å²) in [7, 11) is 0. The van der Waals surface area contributed by atoms with Gasteiger partial charge in [-0.05, 0) is 57.3 Å². The Kier molecular flexibility index (Phi) is 5.80. The van der Waals surface area contributed by atoms with E-state index in [0.717, 1.165) is 6.42 Å². The van der Waals surface area contributed by atoms with E-state index in [1.807, 2.05) is 0 Å². The molecule has 1 aromatic carbocycles. The summed E-state index contributed by atoms with van der Waals surface area (Å²) in [5, 5.41) is 0. The Morgan fingerprint density at radius 1 is 1.10 bits per heavy atom. The number of hydrogen-bond acceptors (Lipinski definition) is 3. The van der Waals surface area contributed by atoms with Crippen LogP contribution >= 0.6 is 0 Å². The number of nitrogens with two attached hydrogens (primary N) is 1. The highest BCUT2D eigenvalue weighted by Crippen LogP contribution is 2.32. The quantitative estimate of drug-likeness (QED) is 0.645. The number of nitrogens with one attached hydrogen (secondary N) is 1. The van der Waals surface area contributed by atoms with Crippen LogP contribution in [0.3, 0.4) is 0 Å². The Labute approximate surface area is 129 Å². The van der Waals surface area contributed by atoms with Crippen LogP contribution in [0.15, 0.2) is 24.3 Å². The lowest BCUT2D eigenvalue weighted by atomic mass is 9.86. The maximum atomic E-state index is 5.93. The van der Waals surface area contributed by atoms with Gasteiger partial charge in [0.1, 0.15) is 0 Å². The van der Waals surface area contributed by atoms with E-state index in [9.17, 15) is 0 Å². The standard InChI is InChI=1S/C18H31N3/c1-4-15-9-11-16(12-10-15)17(20-19)18(2,3)21-13-7-5-6-8-14-21/h9-12,17,20H,4-8,13-14,19H2,1-3H3. The third-order valence-corrected chi connectivity index (χ3v) is 5.02. The van der Waals surface area contributed by atoms with E-state index in [0.29, 0.717) is 0 Å². The first-order chi connectivity index (χ1) is 10.1. The highest BCUT2D eigenvalue weighted by molar-refractivity contribution is 5.27. The fourth-order valence-electron chi connectivity index (χ4n) is 3.48. The molecule has 0 radical (unpaired) electrons. The molecule has 3 nitrogen and oxygen atoms in total. The molecule has 1 fully saturated rings. The van der Waals surface area contributed by atoms with E-state index in [1.165, 1.54) is 49.9 Å². The van der Waals surface area contributed by atoms with Crippen molar-refractivity contribution in [2.45, 2.75) is 64.5 Å². The molecule has 1 aliphatic heterocycles. The van der Waals surface area contributed by atoms with Crippen LogP contribution in [0.5, 0.6) is 0 Å². The summed E-state index contributed by atoms with van der Waals surface area (Å²) in [4.78, 5) is 2.61. The molecule has 1 saturated heterocycles. The molecule has 1 aromatic rings. The molecule has 2 rings (SSSR count). The van der Waals surface area contributed by atoms with Crippen LogP contribution in [0.2, 0.25) is 0 Å². The molecule has 0 spiro atoms. The number of hydrazine groups is 1. The van der Waals surface area contributed by atoms with Gasteiger partial charge >= 0.3 is 0 Å². The van der Waals surface area contributed by atoms with Crippen molar-refractivity contribution in [2.24, 2.45) is 5.84 Å². The van der Waals surface area contributed by atoms with Gasteiger partial charge in [0.15, 0.2) is 0 Å². The summed E-state index contributed by atoms with van der Waals surface area (Å²) in [5.74, 6) is 5.93. The normalized spacial score (nSPS) is 19.2. The highest BCUT2D eigenvalue weighted by Gasteiger charge is 2.35. The fourth-order valence-corrected chi connectivity index (χ4v) is 3.48. The molecule has 1 unspecified atom stereocenters. The monoisotopic (exact) mass is 289 g/mol. The number of aryl methyl sites for hydroxylation is 1. The van der Waals surface area contributed by atoms with Gasteiger partial charge in [-0.1, -0.05) is 44.0 Å². The topological polar surface area (TPSA) is 41.3 Å². The average Bonchev–Trinajstić information content (AvgIpc) is 2.78. The van der Waals surface area contributed by atoms with Crippen molar-refractivity contribution in [1.29, 1.82) is 0 Å². The molecule has 118 valence electrons. The number of rotatable bonds is 5. The minimum atomic E-state index is 0.0207. The van der Waals surface area contributed by atoms with Crippen LogP contribution in [0, 0.1) is 0 Å². The van der Waals surface area contributed by atoms with Gasteiger partial charge in [-0.25, -0.2) is 0 Å². The molecule has 0 aromatic heterocycles. The molecule has 0 saturated carbocycles. The van der Waals surface area contributed by atoms with Crippen LogP contribution in [0.25, 0.3) is 0 Å².